The van der Waals surface area contributed by atoms with Crippen LogP contribution in [-0.2, 0) is 21.0 Å². The minimum absolute atomic E-state index is 0.313. The zero-order chi connectivity index (χ0) is 28.3. The van der Waals surface area contributed by atoms with Gasteiger partial charge in [-0.1, -0.05) is 48.7 Å². The molecule has 0 saturated heterocycles. The van der Waals surface area contributed by atoms with Gasteiger partial charge < -0.3 is 9.47 Å². The Kier molecular flexibility index (Phi) is 13.7. The minimum atomic E-state index is -0.507. The summed E-state index contributed by atoms with van der Waals surface area (Å²) in [5, 5.41) is 0. The first-order chi connectivity index (χ1) is 17.7. The third-order valence-electron chi connectivity index (χ3n) is 4.41. The van der Waals surface area contributed by atoms with Crippen molar-refractivity contribution >= 4 is 90.5 Å². The Morgan fingerprint density at radius 3 is 1.21 bits per heavy atom. The number of hydrogen-bond acceptors (Lipinski definition) is 10. The molecule has 0 spiro atoms. The van der Waals surface area contributed by atoms with Gasteiger partial charge in [-0.2, -0.15) is 0 Å². The Labute approximate surface area is 254 Å². The first-order valence-electron chi connectivity index (χ1n) is 12.0. The Morgan fingerprint density at radius 1 is 0.605 bits per heavy atom. The summed E-state index contributed by atoms with van der Waals surface area (Å²) < 4.78 is 12.6. The molecular weight excluding hydrogens is 593 g/mol. The van der Waals surface area contributed by atoms with Crippen molar-refractivity contribution in [1.29, 1.82) is 0 Å². The predicted molar refractivity (Wildman–Crippen MR) is 176 cm³/mol. The van der Waals surface area contributed by atoms with Crippen LogP contribution in [0.25, 0.3) is 0 Å². The van der Waals surface area contributed by atoms with Gasteiger partial charge in [0, 0.05) is 23.0 Å². The summed E-state index contributed by atoms with van der Waals surface area (Å²) in [5.74, 6) is 2.67. The topological polar surface area (TPSA) is 52.6 Å². The number of thioether (sulfide) groups is 4. The second-order valence-corrected chi connectivity index (χ2v) is 16.7. The number of carbonyl (C=O) groups is 2. The molecule has 0 aliphatic carbocycles. The summed E-state index contributed by atoms with van der Waals surface area (Å²) in [6, 6.07) is 14.9. The van der Waals surface area contributed by atoms with Crippen molar-refractivity contribution in [2.24, 2.45) is 0 Å². The van der Waals surface area contributed by atoms with Gasteiger partial charge in [0.05, 0.1) is 11.1 Å². The van der Waals surface area contributed by atoms with E-state index in [1.165, 1.54) is 0 Å². The highest BCUT2D eigenvalue weighted by Gasteiger charge is 2.18. The molecule has 0 aromatic heterocycles. The van der Waals surface area contributed by atoms with Crippen molar-refractivity contribution in [3.63, 3.8) is 0 Å². The van der Waals surface area contributed by atoms with Crippen LogP contribution in [0.3, 0.4) is 0 Å². The largest absolute Gasteiger partial charge is 0.456 e. The first kappa shape index (κ1) is 33.2. The van der Waals surface area contributed by atoms with E-state index in [1.54, 1.807) is 71.3 Å². The van der Waals surface area contributed by atoms with E-state index in [4.69, 9.17) is 33.9 Å². The summed E-state index contributed by atoms with van der Waals surface area (Å²) in [6.45, 7) is 11.1. The van der Waals surface area contributed by atoms with Crippen LogP contribution in [0.4, 0.5) is 0 Å². The van der Waals surface area contributed by atoms with Gasteiger partial charge in [-0.15, -0.1) is 47.0 Å². The Hall–Kier alpha value is -1.04. The van der Waals surface area contributed by atoms with E-state index in [0.717, 1.165) is 41.2 Å². The quantitative estimate of drug-likeness (QED) is 0.153. The number of thiocarbonyl (C=S) groups is 2. The maximum atomic E-state index is 12.1. The lowest BCUT2D eigenvalue weighted by Crippen LogP contribution is -2.23. The average molecular weight is 627 g/mol. The van der Waals surface area contributed by atoms with E-state index in [1.807, 2.05) is 65.8 Å². The van der Waals surface area contributed by atoms with Crippen molar-refractivity contribution in [2.45, 2.75) is 64.3 Å². The van der Waals surface area contributed by atoms with Gasteiger partial charge in [-0.05, 0) is 76.9 Å². The Balaban J connectivity index is 1.62. The zero-order valence-electron chi connectivity index (χ0n) is 22.5. The smallest absolute Gasteiger partial charge is 0.338 e. The molecule has 2 aromatic rings. The molecule has 0 amide bonds. The van der Waals surface area contributed by atoms with Gasteiger partial charge in [0.1, 0.15) is 18.3 Å². The molecule has 206 valence electrons. The lowest BCUT2D eigenvalue weighted by molar-refractivity contribution is 0.00570. The molecule has 38 heavy (non-hydrogen) atoms. The molecule has 0 heterocycles. The van der Waals surface area contributed by atoms with Crippen molar-refractivity contribution in [1.82, 2.24) is 0 Å². The van der Waals surface area contributed by atoms with Crippen LogP contribution >= 0.6 is 71.5 Å². The van der Waals surface area contributed by atoms with Crippen molar-refractivity contribution < 1.29 is 19.1 Å². The van der Waals surface area contributed by atoms with Gasteiger partial charge in [0.2, 0.25) is 0 Å². The molecule has 0 aliphatic rings. The molecule has 0 aliphatic heterocycles. The van der Waals surface area contributed by atoms with E-state index < -0.39 is 11.2 Å². The molecule has 0 bridgehead atoms. The predicted octanol–water partition coefficient (Wildman–Crippen LogP) is 8.80. The van der Waals surface area contributed by atoms with Crippen molar-refractivity contribution in [3.8, 4) is 0 Å². The molecule has 0 radical (unpaired) electrons. The van der Waals surface area contributed by atoms with Crippen LogP contribution < -0.4 is 0 Å². The molecule has 0 unspecified atom stereocenters. The van der Waals surface area contributed by atoms with E-state index in [9.17, 15) is 9.59 Å². The summed E-state index contributed by atoms with van der Waals surface area (Å²) >= 11 is 17.6. The summed E-state index contributed by atoms with van der Waals surface area (Å²) in [5.41, 5.74) is 2.30. The normalized spacial score (nSPS) is 11.6. The highest BCUT2D eigenvalue weighted by molar-refractivity contribution is 8.48. The Morgan fingerprint density at radius 2 is 0.921 bits per heavy atom. The Bertz CT molecular complexity index is 1010. The molecule has 10 heteroatoms. The van der Waals surface area contributed by atoms with Crippen LogP contribution in [-0.4, -0.2) is 41.7 Å². The third-order valence-corrected chi connectivity index (χ3v) is 10.2. The molecule has 0 N–H and O–H groups in total. The number of ether oxygens (including phenoxy) is 2. The second kappa shape index (κ2) is 15.7. The maximum absolute atomic E-state index is 12.1. The van der Waals surface area contributed by atoms with Gasteiger partial charge in [-0.3, -0.25) is 0 Å². The molecule has 2 aromatic carbocycles. The van der Waals surface area contributed by atoms with E-state index in [2.05, 4.69) is 0 Å². The number of rotatable bonds is 9. The fraction of sp³-hybridized carbons (Fsp3) is 0.429. The van der Waals surface area contributed by atoms with Crippen molar-refractivity contribution in [3.05, 3.63) is 70.8 Å². The molecule has 2 rings (SSSR count). The average Bonchev–Trinajstić information content (AvgIpc) is 2.82. The molecule has 0 saturated carbocycles. The van der Waals surface area contributed by atoms with Crippen LogP contribution in [0.1, 0.15) is 73.4 Å². The molecule has 4 nitrogen and oxygen atoms in total. The second-order valence-electron chi connectivity index (χ2n) is 10.2. The van der Waals surface area contributed by atoms with Gasteiger partial charge >= 0.3 is 11.9 Å². The summed E-state index contributed by atoms with van der Waals surface area (Å²) in [7, 11) is 0. The molecule has 0 fully saturated rings. The van der Waals surface area contributed by atoms with Crippen LogP contribution in [0.5, 0.6) is 0 Å². The van der Waals surface area contributed by atoms with Crippen molar-refractivity contribution in [2.75, 3.05) is 11.5 Å². The van der Waals surface area contributed by atoms with E-state index in [0.29, 0.717) is 11.1 Å². The zero-order valence-corrected chi connectivity index (χ0v) is 27.4. The highest BCUT2D eigenvalue weighted by atomic mass is 32.2. The van der Waals surface area contributed by atoms with E-state index in [-0.39, 0.29) is 11.9 Å². The van der Waals surface area contributed by atoms with Gasteiger partial charge in [0.25, 0.3) is 0 Å². The lowest BCUT2D eigenvalue weighted by atomic mass is 10.1. The maximum Gasteiger partial charge on any atom is 0.338 e. The lowest BCUT2D eigenvalue weighted by Gasteiger charge is -2.19. The SMILES string of the molecule is CC(C)(C)OC(=O)c1ccc(CSC(=S)SCCSC(=S)SCc2ccc(C(=O)OC(C)(C)C)cc2)cc1. The van der Waals surface area contributed by atoms with E-state index >= 15 is 0 Å². The van der Waals surface area contributed by atoms with Gasteiger partial charge in [-0.25, -0.2) is 9.59 Å². The number of benzene rings is 2. The number of hydrogen-bond donors (Lipinski definition) is 0. The fourth-order valence-corrected chi connectivity index (χ4v) is 7.09. The molecule has 0 atom stereocenters. The summed E-state index contributed by atoms with van der Waals surface area (Å²) in [6.07, 6.45) is 0. The van der Waals surface area contributed by atoms with Crippen LogP contribution in [0.2, 0.25) is 0 Å². The molecular formula is C28H34O4S6. The van der Waals surface area contributed by atoms with Crippen LogP contribution in [0.15, 0.2) is 48.5 Å². The minimum Gasteiger partial charge on any atom is -0.456 e. The number of esters is 2. The number of carbonyl (C=O) groups excluding carboxylic acids is 2. The highest BCUT2D eigenvalue weighted by Crippen LogP contribution is 2.26. The third kappa shape index (κ3) is 13.8. The summed E-state index contributed by atoms with van der Waals surface area (Å²) in [4.78, 5) is 24.3. The van der Waals surface area contributed by atoms with Crippen LogP contribution in [0, 0.1) is 0 Å². The van der Waals surface area contributed by atoms with Gasteiger partial charge in [0.15, 0.2) is 0 Å². The standard InChI is InChI=1S/C28H34O4S6/c1-27(2,3)31-23(29)21-11-7-19(8-12-21)17-37-25(33)35-15-16-36-26(34)38-18-20-9-13-22(14-10-20)24(30)32-28(4,5)6/h7-14H,15-18H2,1-6H3. The fourth-order valence-electron chi connectivity index (χ4n) is 2.77. The monoisotopic (exact) mass is 626 g/mol. The first-order valence-corrected chi connectivity index (χ1v) is 16.7.